The molecule has 1 fully saturated rings. The van der Waals surface area contributed by atoms with Crippen molar-refractivity contribution in [2.75, 3.05) is 0 Å². The number of hydrogen-bond donors (Lipinski definition) is 1. The van der Waals surface area contributed by atoms with E-state index in [9.17, 15) is 0 Å². The van der Waals surface area contributed by atoms with Crippen LogP contribution >= 0.6 is 0 Å². The van der Waals surface area contributed by atoms with E-state index in [0.29, 0.717) is 5.92 Å². The summed E-state index contributed by atoms with van der Waals surface area (Å²) in [6.07, 6.45) is 15.9. The minimum Gasteiger partial charge on any atom is -0.325 e. The molecule has 1 nitrogen and oxygen atoms in total. The summed E-state index contributed by atoms with van der Waals surface area (Å²) in [7, 11) is 0. The number of hydrogen-bond acceptors (Lipinski definition) is 1. The molecule has 2 aliphatic carbocycles. The quantitative estimate of drug-likeness (QED) is 0.598. The van der Waals surface area contributed by atoms with E-state index in [1.807, 2.05) is 0 Å². The van der Waals surface area contributed by atoms with Crippen LogP contribution in [-0.2, 0) is 12.8 Å². The molecule has 1 saturated carbocycles. The Bertz CT molecular complexity index is 535. The molecule has 0 saturated heterocycles. The minimum absolute atomic E-state index is 0.101. The van der Waals surface area contributed by atoms with Gasteiger partial charge in [-0.2, -0.15) is 0 Å². The Morgan fingerprint density at radius 3 is 2.71 bits per heavy atom. The van der Waals surface area contributed by atoms with Gasteiger partial charge < -0.3 is 5.73 Å². The monoisotopic (exact) mass is 327 g/mol. The molecule has 0 radical (unpaired) electrons. The van der Waals surface area contributed by atoms with E-state index >= 15 is 0 Å². The first-order valence-corrected chi connectivity index (χ1v) is 10.5. The Morgan fingerprint density at radius 2 is 1.96 bits per heavy atom. The van der Waals surface area contributed by atoms with Crippen LogP contribution in [-0.4, -0.2) is 5.54 Å². The molecule has 0 amide bonds. The largest absolute Gasteiger partial charge is 0.325 e. The molecular formula is C23H37N. The topological polar surface area (TPSA) is 26.0 Å². The smallest absolute Gasteiger partial charge is 0.0157 e. The van der Waals surface area contributed by atoms with E-state index in [-0.39, 0.29) is 5.54 Å². The van der Waals surface area contributed by atoms with Crippen molar-refractivity contribution in [1.82, 2.24) is 0 Å². The van der Waals surface area contributed by atoms with Crippen LogP contribution in [0.4, 0.5) is 0 Å². The summed E-state index contributed by atoms with van der Waals surface area (Å²) >= 11 is 0. The first-order chi connectivity index (χ1) is 11.6. The van der Waals surface area contributed by atoms with Crippen molar-refractivity contribution >= 4 is 0 Å². The summed E-state index contributed by atoms with van der Waals surface area (Å²) in [5, 5.41) is 0. The number of rotatable bonds is 7. The number of unbranched alkanes of at least 4 members (excludes halogenated alkanes) is 3. The highest BCUT2D eigenvalue weighted by atomic mass is 14.8. The second-order valence-electron chi connectivity index (χ2n) is 8.64. The summed E-state index contributed by atoms with van der Waals surface area (Å²) in [4.78, 5) is 0. The van der Waals surface area contributed by atoms with E-state index in [0.717, 1.165) is 12.3 Å². The Hall–Kier alpha value is -0.820. The summed E-state index contributed by atoms with van der Waals surface area (Å²) in [6.45, 7) is 4.55. The predicted molar refractivity (Wildman–Crippen MR) is 105 cm³/mol. The van der Waals surface area contributed by atoms with Gasteiger partial charge in [0.2, 0.25) is 0 Å². The van der Waals surface area contributed by atoms with E-state index in [1.54, 1.807) is 16.7 Å². The van der Waals surface area contributed by atoms with Crippen LogP contribution in [0.25, 0.3) is 0 Å². The maximum atomic E-state index is 6.51. The molecule has 0 bridgehead atoms. The van der Waals surface area contributed by atoms with Crippen molar-refractivity contribution in [1.29, 1.82) is 0 Å². The minimum atomic E-state index is 0.101. The Labute approximate surface area is 149 Å². The SMILES string of the molecule is CCCCCC[C@@H]1CCc2cc([C@H]3CC[C@](N)(CC)C3)ccc2C1. The average Bonchev–Trinajstić information content (AvgIpc) is 3.01. The molecule has 2 aliphatic rings. The Balaban J connectivity index is 1.58. The van der Waals surface area contributed by atoms with Crippen molar-refractivity contribution in [3.63, 3.8) is 0 Å². The van der Waals surface area contributed by atoms with Crippen LogP contribution in [0.3, 0.4) is 0 Å². The van der Waals surface area contributed by atoms with Gasteiger partial charge in [-0.15, -0.1) is 0 Å². The van der Waals surface area contributed by atoms with Crippen LogP contribution in [0.5, 0.6) is 0 Å². The molecule has 0 aliphatic heterocycles. The molecule has 3 rings (SSSR count). The molecule has 1 heteroatoms. The van der Waals surface area contributed by atoms with Crippen molar-refractivity contribution in [3.8, 4) is 0 Å². The highest BCUT2D eigenvalue weighted by molar-refractivity contribution is 5.36. The van der Waals surface area contributed by atoms with Crippen molar-refractivity contribution < 1.29 is 0 Å². The maximum Gasteiger partial charge on any atom is 0.0157 e. The molecule has 24 heavy (non-hydrogen) atoms. The number of nitrogens with two attached hydrogens (primary N) is 1. The van der Waals surface area contributed by atoms with E-state index in [2.05, 4.69) is 32.0 Å². The standard InChI is InChI=1S/C23H37N/c1-3-5-6-7-8-18-9-10-20-16-21(12-11-19(20)15-18)22-13-14-23(24,4-2)17-22/h11-12,16,18,22H,3-10,13-15,17,24H2,1-2H3/t18-,22+,23-/m1/s1. The van der Waals surface area contributed by atoms with Crippen LogP contribution < -0.4 is 5.73 Å². The molecule has 1 aromatic rings. The number of fused-ring (bicyclic) bond motifs is 1. The fourth-order valence-corrected chi connectivity index (χ4v) is 4.97. The zero-order valence-electron chi connectivity index (χ0n) is 15.9. The lowest BCUT2D eigenvalue weighted by atomic mass is 9.79. The highest BCUT2D eigenvalue weighted by Gasteiger charge is 2.35. The van der Waals surface area contributed by atoms with Gasteiger partial charge in [-0.1, -0.05) is 64.2 Å². The van der Waals surface area contributed by atoms with Gasteiger partial charge in [0.25, 0.3) is 0 Å². The zero-order chi connectivity index (χ0) is 17.0. The third-order valence-electron chi connectivity index (χ3n) is 6.85. The second kappa shape index (κ2) is 8.04. The number of aryl methyl sites for hydroxylation is 1. The molecule has 0 aromatic heterocycles. The molecule has 0 unspecified atom stereocenters. The van der Waals surface area contributed by atoms with Crippen molar-refractivity contribution in [3.05, 3.63) is 34.9 Å². The number of benzene rings is 1. The zero-order valence-corrected chi connectivity index (χ0v) is 15.9. The lowest BCUT2D eigenvalue weighted by Crippen LogP contribution is -2.35. The van der Waals surface area contributed by atoms with Gasteiger partial charge in [0.15, 0.2) is 0 Å². The Kier molecular flexibility index (Phi) is 6.02. The molecule has 134 valence electrons. The fraction of sp³-hybridized carbons (Fsp3) is 0.739. The van der Waals surface area contributed by atoms with Crippen LogP contribution in [0.15, 0.2) is 18.2 Å². The van der Waals surface area contributed by atoms with Gasteiger partial charge in [-0.25, -0.2) is 0 Å². The van der Waals surface area contributed by atoms with Gasteiger partial charge in [-0.3, -0.25) is 0 Å². The van der Waals surface area contributed by atoms with E-state index in [4.69, 9.17) is 5.73 Å². The maximum absolute atomic E-state index is 6.51. The summed E-state index contributed by atoms with van der Waals surface area (Å²) < 4.78 is 0. The summed E-state index contributed by atoms with van der Waals surface area (Å²) in [6, 6.07) is 7.41. The van der Waals surface area contributed by atoms with Crippen molar-refractivity contribution in [2.45, 2.75) is 102 Å². The second-order valence-corrected chi connectivity index (χ2v) is 8.64. The molecular weight excluding hydrogens is 290 g/mol. The van der Waals surface area contributed by atoms with E-state index < -0.39 is 0 Å². The predicted octanol–water partition coefficient (Wildman–Crippen LogP) is 6.14. The average molecular weight is 328 g/mol. The molecule has 0 spiro atoms. The Morgan fingerprint density at radius 1 is 1.08 bits per heavy atom. The lowest BCUT2D eigenvalue weighted by molar-refractivity contribution is 0.405. The van der Waals surface area contributed by atoms with Crippen molar-refractivity contribution in [2.24, 2.45) is 11.7 Å². The van der Waals surface area contributed by atoms with Crippen LogP contribution in [0.2, 0.25) is 0 Å². The summed E-state index contributed by atoms with van der Waals surface area (Å²) in [5.41, 5.74) is 11.5. The first-order valence-electron chi connectivity index (χ1n) is 10.5. The van der Waals surface area contributed by atoms with Crippen LogP contribution in [0.1, 0.15) is 101 Å². The highest BCUT2D eigenvalue weighted by Crippen LogP contribution is 2.42. The first kappa shape index (κ1) is 18.0. The van der Waals surface area contributed by atoms with Gasteiger partial charge in [0, 0.05) is 5.54 Å². The van der Waals surface area contributed by atoms with Gasteiger partial charge in [-0.05, 0) is 73.5 Å². The third kappa shape index (κ3) is 4.23. The molecule has 1 aromatic carbocycles. The van der Waals surface area contributed by atoms with E-state index in [1.165, 1.54) is 70.6 Å². The fourth-order valence-electron chi connectivity index (χ4n) is 4.97. The van der Waals surface area contributed by atoms with Crippen LogP contribution in [0, 0.1) is 5.92 Å². The van der Waals surface area contributed by atoms with Gasteiger partial charge >= 0.3 is 0 Å². The molecule has 3 atom stereocenters. The third-order valence-corrected chi connectivity index (χ3v) is 6.85. The molecule has 0 heterocycles. The summed E-state index contributed by atoms with van der Waals surface area (Å²) in [5.74, 6) is 1.63. The molecule has 2 N–H and O–H groups in total. The normalized spacial score (nSPS) is 29.6. The van der Waals surface area contributed by atoms with Gasteiger partial charge in [0.05, 0.1) is 0 Å². The van der Waals surface area contributed by atoms with Gasteiger partial charge in [0.1, 0.15) is 0 Å². The lowest BCUT2D eigenvalue weighted by Gasteiger charge is -2.26.